The molecule has 33 heavy (non-hydrogen) atoms. The van der Waals surface area contributed by atoms with Gasteiger partial charge in [-0.25, -0.2) is 0 Å². The zero-order valence-corrected chi connectivity index (χ0v) is 18.4. The zero-order chi connectivity index (χ0) is 23.3. The van der Waals surface area contributed by atoms with Gasteiger partial charge in [0.15, 0.2) is 0 Å². The monoisotopic (exact) mass is 430 g/mol. The highest BCUT2D eigenvalue weighted by atomic mass is 16.5. The molecule has 0 atom stereocenters. The Morgan fingerprint density at radius 3 is 1.27 bits per heavy atom. The maximum Gasteiger partial charge on any atom is 0.292 e. The van der Waals surface area contributed by atoms with E-state index in [4.69, 9.17) is 20.0 Å². The van der Waals surface area contributed by atoms with Crippen molar-refractivity contribution in [1.82, 2.24) is 0 Å². The third kappa shape index (κ3) is 4.42. The first-order valence-corrected chi connectivity index (χ1v) is 10.6. The van der Waals surface area contributed by atoms with Crippen molar-refractivity contribution >= 4 is 0 Å². The second kappa shape index (κ2) is 9.30. The quantitative estimate of drug-likeness (QED) is 0.307. The summed E-state index contributed by atoms with van der Waals surface area (Å²) in [6, 6.07) is 31.7. The smallest absolute Gasteiger partial charge is 0.292 e. The average Bonchev–Trinajstić information content (AvgIpc) is 2.85. The van der Waals surface area contributed by atoms with E-state index in [2.05, 4.69) is 62.4 Å². The van der Waals surface area contributed by atoms with Crippen LogP contribution in [0.3, 0.4) is 0 Å². The number of hydrogen-bond donors (Lipinski definition) is 0. The summed E-state index contributed by atoms with van der Waals surface area (Å²) in [5, 5.41) is 17.8. The van der Waals surface area contributed by atoms with Gasteiger partial charge in [-0.1, -0.05) is 98.8 Å². The van der Waals surface area contributed by atoms with E-state index in [9.17, 15) is 0 Å². The summed E-state index contributed by atoms with van der Waals surface area (Å²) < 4.78 is 10.2. The molecular formula is C29H22N2O2. The van der Waals surface area contributed by atoms with E-state index in [0.29, 0.717) is 11.5 Å². The number of benzene rings is 4. The van der Waals surface area contributed by atoms with E-state index in [1.807, 2.05) is 36.4 Å². The summed E-state index contributed by atoms with van der Waals surface area (Å²) in [4.78, 5) is 0. The van der Waals surface area contributed by atoms with Gasteiger partial charge >= 0.3 is 0 Å². The molecule has 0 aliphatic carbocycles. The first-order chi connectivity index (χ1) is 16.0. The topological polar surface area (TPSA) is 66.0 Å². The summed E-state index contributed by atoms with van der Waals surface area (Å²) in [6.45, 7) is 4.38. The van der Waals surface area contributed by atoms with Crippen LogP contribution in [0.25, 0.3) is 22.3 Å². The van der Waals surface area contributed by atoms with Crippen LogP contribution in [0.1, 0.15) is 25.0 Å². The fourth-order valence-corrected chi connectivity index (χ4v) is 3.99. The molecule has 0 aliphatic heterocycles. The maximum absolute atomic E-state index is 8.91. The van der Waals surface area contributed by atoms with E-state index < -0.39 is 0 Å². The molecule has 0 N–H and O–H groups in total. The molecule has 4 aromatic carbocycles. The molecule has 0 unspecified atom stereocenters. The van der Waals surface area contributed by atoms with E-state index in [-0.39, 0.29) is 5.41 Å². The Morgan fingerprint density at radius 1 is 0.545 bits per heavy atom. The molecule has 0 amide bonds. The molecule has 0 radical (unpaired) electrons. The van der Waals surface area contributed by atoms with Crippen molar-refractivity contribution in [2.24, 2.45) is 0 Å². The molecule has 0 spiro atoms. The van der Waals surface area contributed by atoms with Gasteiger partial charge in [0.25, 0.3) is 12.5 Å². The highest BCUT2D eigenvalue weighted by molar-refractivity contribution is 5.72. The zero-order valence-electron chi connectivity index (χ0n) is 18.4. The minimum atomic E-state index is -0.220. The van der Waals surface area contributed by atoms with Gasteiger partial charge in [-0.3, -0.25) is 0 Å². The van der Waals surface area contributed by atoms with Gasteiger partial charge < -0.3 is 9.47 Å². The molecule has 0 saturated carbocycles. The van der Waals surface area contributed by atoms with Crippen LogP contribution in [0, 0.1) is 23.0 Å². The molecule has 160 valence electrons. The summed E-state index contributed by atoms with van der Waals surface area (Å²) in [6.07, 6.45) is 3.51. The second-order valence-corrected chi connectivity index (χ2v) is 8.16. The summed E-state index contributed by atoms with van der Waals surface area (Å²) >= 11 is 0. The molecule has 0 aromatic heterocycles. The van der Waals surface area contributed by atoms with Gasteiger partial charge in [0, 0.05) is 16.5 Å². The minimum Gasteiger partial charge on any atom is -0.387 e. The van der Waals surface area contributed by atoms with Crippen LogP contribution in [-0.2, 0) is 5.41 Å². The van der Waals surface area contributed by atoms with Crippen LogP contribution in [-0.4, -0.2) is 0 Å². The van der Waals surface area contributed by atoms with E-state index in [0.717, 1.165) is 22.3 Å². The molecule has 4 rings (SSSR count). The normalized spacial score (nSPS) is 10.7. The Bertz CT molecular complexity index is 1240. The lowest BCUT2D eigenvalue weighted by Crippen LogP contribution is -2.18. The lowest BCUT2D eigenvalue weighted by atomic mass is 9.77. The largest absolute Gasteiger partial charge is 0.387 e. The Labute approximate surface area is 193 Å². The van der Waals surface area contributed by atoms with Gasteiger partial charge in [-0.05, 0) is 34.4 Å². The van der Waals surface area contributed by atoms with Crippen LogP contribution >= 0.6 is 0 Å². The fraction of sp³-hybridized carbons (Fsp3) is 0.103. The van der Waals surface area contributed by atoms with Crippen LogP contribution in [0.2, 0.25) is 0 Å². The van der Waals surface area contributed by atoms with Gasteiger partial charge in [-0.15, -0.1) is 10.5 Å². The van der Waals surface area contributed by atoms with E-state index in [1.165, 1.54) is 11.1 Å². The Kier molecular flexibility index (Phi) is 6.11. The Balaban J connectivity index is 1.62. The molecule has 4 nitrogen and oxygen atoms in total. The first kappa shape index (κ1) is 21.7. The number of nitrogens with zero attached hydrogens (tertiary/aromatic N) is 2. The van der Waals surface area contributed by atoms with Crippen LogP contribution in [0.4, 0.5) is 0 Å². The van der Waals surface area contributed by atoms with Crippen molar-refractivity contribution in [1.29, 1.82) is 10.5 Å². The SMILES string of the molecule is CC(C)(c1ccc(-c2ccccc2OC#N)cc1)c1ccc(-c2ccccc2OC#N)cc1. The van der Waals surface area contributed by atoms with Crippen molar-refractivity contribution < 1.29 is 9.47 Å². The van der Waals surface area contributed by atoms with Crippen molar-refractivity contribution in [2.45, 2.75) is 19.3 Å². The fourth-order valence-electron chi connectivity index (χ4n) is 3.99. The highest BCUT2D eigenvalue weighted by Crippen LogP contribution is 2.37. The molecule has 0 aliphatic rings. The average molecular weight is 431 g/mol. The van der Waals surface area contributed by atoms with Crippen molar-refractivity contribution in [3.63, 3.8) is 0 Å². The number of ether oxygens (including phenoxy) is 2. The Hall–Kier alpha value is -4.54. The van der Waals surface area contributed by atoms with E-state index in [1.54, 1.807) is 24.6 Å². The first-order valence-electron chi connectivity index (χ1n) is 10.6. The van der Waals surface area contributed by atoms with Crippen molar-refractivity contribution in [3.05, 3.63) is 108 Å². The standard InChI is InChI=1S/C29H22N2O2/c1-29(2,23-15-11-21(12-16-23)25-7-3-5-9-27(25)32-19-30)24-17-13-22(14-18-24)26-8-4-6-10-28(26)33-20-31/h3-18H,1-2H3. The van der Waals surface area contributed by atoms with Gasteiger partial charge in [0.1, 0.15) is 11.5 Å². The van der Waals surface area contributed by atoms with Crippen LogP contribution in [0.15, 0.2) is 97.1 Å². The molecule has 0 heterocycles. The number of para-hydroxylation sites is 2. The third-order valence-electron chi connectivity index (χ3n) is 5.92. The number of hydrogen-bond acceptors (Lipinski definition) is 4. The van der Waals surface area contributed by atoms with Crippen LogP contribution in [0.5, 0.6) is 11.5 Å². The van der Waals surface area contributed by atoms with Gasteiger partial charge in [0.05, 0.1) is 0 Å². The molecular weight excluding hydrogens is 408 g/mol. The van der Waals surface area contributed by atoms with Crippen LogP contribution < -0.4 is 9.47 Å². The molecule has 4 aromatic rings. The molecule has 0 fully saturated rings. The predicted molar refractivity (Wildman–Crippen MR) is 128 cm³/mol. The summed E-state index contributed by atoms with van der Waals surface area (Å²) in [5.74, 6) is 1.09. The maximum atomic E-state index is 8.91. The minimum absolute atomic E-state index is 0.220. The second-order valence-electron chi connectivity index (χ2n) is 8.16. The summed E-state index contributed by atoms with van der Waals surface area (Å²) in [7, 11) is 0. The Morgan fingerprint density at radius 2 is 0.909 bits per heavy atom. The number of rotatable bonds is 6. The van der Waals surface area contributed by atoms with Gasteiger partial charge in [-0.2, -0.15) is 0 Å². The lowest BCUT2D eigenvalue weighted by Gasteiger charge is -2.26. The predicted octanol–water partition coefficient (Wildman–Crippen LogP) is 7.07. The molecule has 4 heteroatoms. The molecule has 0 bridgehead atoms. The lowest BCUT2D eigenvalue weighted by molar-refractivity contribution is 0.509. The van der Waals surface area contributed by atoms with Crippen molar-refractivity contribution in [2.75, 3.05) is 0 Å². The van der Waals surface area contributed by atoms with Gasteiger partial charge in [0.2, 0.25) is 0 Å². The number of nitriles is 2. The van der Waals surface area contributed by atoms with E-state index >= 15 is 0 Å². The third-order valence-corrected chi connectivity index (χ3v) is 5.92. The van der Waals surface area contributed by atoms with Crippen molar-refractivity contribution in [3.8, 4) is 46.3 Å². The summed E-state index contributed by atoms with van der Waals surface area (Å²) in [5.41, 5.74) is 5.87. The highest BCUT2D eigenvalue weighted by Gasteiger charge is 2.23. The molecule has 0 saturated heterocycles.